The van der Waals surface area contributed by atoms with Gasteiger partial charge in [-0.3, -0.25) is 4.79 Å². The predicted molar refractivity (Wildman–Crippen MR) is 86.6 cm³/mol. The minimum atomic E-state index is -0.300. The zero-order chi connectivity index (χ0) is 15.6. The number of nitrogens with two attached hydrogens (primary N) is 1. The number of aryl methyl sites for hydroxylation is 1. The average Bonchev–Trinajstić information content (AvgIpc) is 2.41. The lowest BCUT2D eigenvalue weighted by Crippen LogP contribution is -2.29. The van der Waals surface area contributed by atoms with Crippen LogP contribution in [0.3, 0.4) is 0 Å². The zero-order valence-electron chi connectivity index (χ0n) is 12.2. The van der Waals surface area contributed by atoms with Crippen molar-refractivity contribution in [2.24, 2.45) is 12.8 Å². The third-order valence-corrected chi connectivity index (χ3v) is 3.07. The second-order valence-electron chi connectivity index (χ2n) is 4.93. The van der Waals surface area contributed by atoms with E-state index in [4.69, 9.17) is 22.7 Å². The molecule has 1 aromatic heterocycles. The molecule has 2 aromatic rings. The van der Waals surface area contributed by atoms with Gasteiger partial charge in [0.1, 0.15) is 10.7 Å². The van der Waals surface area contributed by atoms with Gasteiger partial charge in [0.25, 0.3) is 5.56 Å². The Bertz CT molecular complexity index is 721. The van der Waals surface area contributed by atoms with E-state index in [1.54, 1.807) is 13.1 Å². The van der Waals surface area contributed by atoms with Crippen LogP contribution in [0, 0.1) is 0 Å². The van der Waals surface area contributed by atoms with Gasteiger partial charge in [-0.25, -0.2) is 4.68 Å². The van der Waals surface area contributed by atoms with Crippen molar-refractivity contribution in [2.45, 2.75) is 20.0 Å². The molecule has 0 amide bonds. The van der Waals surface area contributed by atoms with Crippen LogP contribution in [0.5, 0.6) is 5.75 Å². The molecule has 0 aliphatic heterocycles. The molecule has 6 heteroatoms. The molecule has 1 heterocycles. The molecule has 2 N–H and O–H groups in total. The summed E-state index contributed by atoms with van der Waals surface area (Å²) in [7, 11) is 1.57. The van der Waals surface area contributed by atoms with Crippen LogP contribution >= 0.6 is 12.2 Å². The summed E-state index contributed by atoms with van der Waals surface area (Å²) < 4.78 is 6.83. The molecule has 0 bridgehead atoms. The Morgan fingerprint density at radius 1 is 1.33 bits per heavy atom. The highest BCUT2D eigenvalue weighted by atomic mass is 32.1. The van der Waals surface area contributed by atoms with E-state index < -0.39 is 0 Å². The Morgan fingerprint density at radius 3 is 2.48 bits per heavy atom. The summed E-state index contributed by atoms with van der Waals surface area (Å²) in [6, 6.07) is 9.11. The van der Waals surface area contributed by atoms with E-state index in [0.29, 0.717) is 11.3 Å². The Labute approximate surface area is 128 Å². The summed E-state index contributed by atoms with van der Waals surface area (Å²) >= 11 is 4.90. The maximum absolute atomic E-state index is 11.9. The highest BCUT2D eigenvalue weighted by Gasteiger charge is 2.10. The van der Waals surface area contributed by atoms with Gasteiger partial charge in [-0.1, -0.05) is 12.2 Å². The van der Waals surface area contributed by atoms with Crippen LogP contribution in [0.4, 0.5) is 0 Å². The molecular weight excluding hydrogens is 286 g/mol. The third kappa shape index (κ3) is 3.46. The van der Waals surface area contributed by atoms with E-state index in [9.17, 15) is 4.79 Å². The molecule has 5 nitrogen and oxygen atoms in total. The topological polar surface area (TPSA) is 70.1 Å². The fraction of sp³-hybridized carbons (Fsp3) is 0.267. The van der Waals surface area contributed by atoms with Crippen LogP contribution < -0.4 is 16.0 Å². The number of aromatic nitrogens is 2. The number of hydrogen-bond acceptors (Lipinski definition) is 4. The summed E-state index contributed by atoms with van der Waals surface area (Å²) in [6.07, 6.45) is 0.118. The maximum Gasteiger partial charge on any atom is 0.276 e. The minimum absolute atomic E-state index is 0.0685. The molecule has 0 unspecified atom stereocenters. The molecule has 0 aliphatic carbocycles. The number of nitrogens with zero attached hydrogens (tertiary/aromatic N) is 2. The van der Waals surface area contributed by atoms with Crippen molar-refractivity contribution in [3.8, 4) is 17.0 Å². The van der Waals surface area contributed by atoms with Crippen molar-refractivity contribution in [3.63, 3.8) is 0 Å². The summed E-state index contributed by atoms with van der Waals surface area (Å²) in [4.78, 5) is 12.0. The van der Waals surface area contributed by atoms with Gasteiger partial charge in [-0.2, -0.15) is 5.10 Å². The molecule has 0 atom stereocenters. The molecule has 21 heavy (non-hydrogen) atoms. The van der Waals surface area contributed by atoms with E-state index in [1.807, 2.05) is 38.1 Å². The molecule has 0 fully saturated rings. The van der Waals surface area contributed by atoms with Gasteiger partial charge in [-0.15, -0.1) is 0 Å². The second-order valence-corrected chi connectivity index (χ2v) is 5.37. The maximum atomic E-state index is 11.9. The average molecular weight is 303 g/mol. The molecule has 0 aliphatic rings. The third-order valence-electron chi connectivity index (χ3n) is 2.85. The van der Waals surface area contributed by atoms with Crippen LogP contribution in [-0.4, -0.2) is 20.9 Å². The van der Waals surface area contributed by atoms with Crippen molar-refractivity contribution in [1.82, 2.24) is 9.78 Å². The van der Waals surface area contributed by atoms with Gasteiger partial charge in [0.15, 0.2) is 0 Å². The van der Waals surface area contributed by atoms with E-state index >= 15 is 0 Å². The van der Waals surface area contributed by atoms with Gasteiger partial charge in [0.05, 0.1) is 17.4 Å². The zero-order valence-corrected chi connectivity index (χ0v) is 13.0. The first-order valence-electron chi connectivity index (χ1n) is 6.53. The molecular formula is C15H17N3O2S. The number of ether oxygens (including phenoxy) is 1. The fourth-order valence-corrected chi connectivity index (χ4v) is 2.05. The lowest BCUT2D eigenvalue weighted by Gasteiger charge is -2.10. The standard InChI is InChI=1S/C15H17N3O2S/c1-9(2)20-11-6-4-10(5-7-11)13-8-12(14(16)21)15(19)18(3)17-13/h4-9H,1-3H3,(H2,16,21). The van der Waals surface area contributed by atoms with Crippen LogP contribution in [0.15, 0.2) is 35.1 Å². The predicted octanol–water partition coefficient (Wildman–Crippen LogP) is 1.87. The SMILES string of the molecule is CC(C)Oc1ccc(-c2cc(C(N)=S)c(=O)n(C)n2)cc1. The Kier molecular flexibility index (Phi) is 4.37. The number of rotatable bonds is 4. The molecule has 0 radical (unpaired) electrons. The van der Waals surface area contributed by atoms with Gasteiger partial charge in [-0.05, 0) is 44.2 Å². The minimum Gasteiger partial charge on any atom is -0.491 e. The summed E-state index contributed by atoms with van der Waals surface area (Å²) in [5, 5.41) is 4.22. The van der Waals surface area contributed by atoms with Gasteiger partial charge >= 0.3 is 0 Å². The Hall–Kier alpha value is -2.21. The van der Waals surface area contributed by atoms with Crippen molar-refractivity contribution in [1.29, 1.82) is 0 Å². The van der Waals surface area contributed by atoms with Crippen LogP contribution in [0.1, 0.15) is 19.4 Å². The highest BCUT2D eigenvalue weighted by Crippen LogP contribution is 2.21. The highest BCUT2D eigenvalue weighted by molar-refractivity contribution is 7.80. The van der Waals surface area contributed by atoms with Crippen molar-refractivity contribution >= 4 is 17.2 Å². The Morgan fingerprint density at radius 2 is 1.95 bits per heavy atom. The number of hydrogen-bond donors (Lipinski definition) is 1. The first-order chi connectivity index (χ1) is 9.88. The summed E-state index contributed by atoms with van der Waals surface area (Å²) in [6.45, 7) is 3.94. The molecule has 0 saturated heterocycles. The second kappa shape index (κ2) is 6.05. The molecule has 1 aromatic carbocycles. The lowest BCUT2D eigenvalue weighted by atomic mass is 10.1. The van der Waals surface area contributed by atoms with Crippen LogP contribution in [0.25, 0.3) is 11.3 Å². The quantitative estimate of drug-likeness (QED) is 0.873. The Balaban J connectivity index is 2.42. The normalized spacial score (nSPS) is 10.7. The van der Waals surface area contributed by atoms with E-state index in [1.165, 1.54) is 4.68 Å². The van der Waals surface area contributed by atoms with Gasteiger partial charge < -0.3 is 10.5 Å². The van der Waals surface area contributed by atoms with E-state index in [-0.39, 0.29) is 16.7 Å². The first-order valence-corrected chi connectivity index (χ1v) is 6.94. The smallest absolute Gasteiger partial charge is 0.276 e. The summed E-state index contributed by atoms with van der Waals surface area (Å²) in [5.74, 6) is 0.785. The van der Waals surface area contributed by atoms with Crippen LogP contribution in [0.2, 0.25) is 0 Å². The van der Waals surface area contributed by atoms with E-state index in [0.717, 1.165) is 11.3 Å². The van der Waals surface area contributed by atoms with Gasteiger partial charge in [0.2, 0.25) is 0 Å². The first kappa shape index (κ1) is 15.2. The van der Waals surface area contributed by atoms with Crippen molar-refractivity contribution < 1.29 is 4.74 Å². The molecule has 2 rings (SSSR count). The lowest BCUT2D eigenvalue weighted by molar-refractivity contribution is 0.242. The van der Waals surface area contributed by atoms with Gasteiger partial charge in [0, 0.05) is 12.6 Å². The fourth-order valence-electron chi connectivity index (χ4n) is 1.90. The monoisotopic (exact) mass is 303 g/mol. The molecule has 0 spiro atoms. The molecule has 0 saturated carbocycles. The largest absolute Gasteiger partial charge is 0.491 e. The van der Waals surface area contributed by atoms with Crippen LogP contribution in [-0.2, 0) is 7.05 Å². The van der Waals surface area contributed by atoms with E-state index in [2.05, 4.69) is 5.10 Å². The summed E-state index contributed by atoms with van der Waals surface area (Å²) in [5.41, 5.74) is 7.07. The molecule has 110 valence electrons. The number of benzene rings is 1. The number of thiocarbonyl (C=S) groups is 1. The van der Waals surface area contributed by atoms with Crippen molar-refractivity contribution in [3.05, 3.63) is 46.2 Å². The van der Waals surface area contributed by atoms with Crippen molar-refractivity contribution in [2.75, 3.05) is 0 Å².